The van der Waals surface area contributed by atoms with Gasteiger partial charge in [0, 0.05) is 18.1 Å². The molecule has 5 heteroatoms. The van der Waals surface area contributed by atoms with Gasteiger partial charge < -0.3 is 14.0 Å². The molecule has 1 aliphatic rings. The first kappa shape index (κ1) is 16.6. The van der Waals surface area contributed by atoms with Gasteiger partial charge in [0.1, 0.15) is 18.1 Å². The highest BCUT2D eigenvalue weighted by Crippen LogP contribution is 2.16. The minimum absolute atomic E-state index is 0.684. The van der Waals surface area contributed by atoms with E-state index in [9.17, 15) is 0 Å². The lowest BCUT2D eigenvalue weighted by molar-refractivity contribution is 0.304. The molecule has 0 aliphatic carbocycles. The van der Waals surface area contributed by atoms with Gasteiger partial charge in [0.2, 0.25) is 5.90 Å². The van der Waals surface area contributed by atoms with Crippen LogP contribution in [0.25, 0.3) is 0 Å². The summed E-state index contributed by atoms with van der Waals surface area (Å²) >= 11 is 0. The Morgan fingerprint density at radius 2 is 1.92 bits per heavy atom. The van der Waals surface area contributed by atoms with Gasteiger partial charge in [-0.3, -0.25) is 0 Å². The van der Waals surface area contributed by atoms with Crippen LogP contribution in [-0.4, -0.2) is 30.8 Å². The van der Waals surface area contributed by atoms with Crippen LogP contribution in [0.3, 0.4) is 0 Å². The maximum atomic E-state index is 5.78. The van der Waals surface area contributed by atoms with Gasteiger partial charge >= 0.3 is 0 Å². The Morgan fingerprint density at radius 3 is 2.62 bits per heavy atom. The molecule has 0 radical (unpaired) electrons. The summed E-state index contributed by atoms with van der Waals surface area (Å²) in [7, 11) is 0. The quantitative estimate of drug-likeness (QED) is 0.654. The first-order valence-electron chi connectivity index (χ1n) is 8.64. The van der Waals surface area contributed by atoms with Gasteiger partial charge in [-0.2, -0.15) is 0 Å². The van der Waals surface area contributed by atoms with Crippen LogP contribution in [-0.2, 0) is 11.2 Å². The second kappa shape index (κ2) is 8.52. The van der Waals surface area contributed by atoms with Gasteiger partial charge in [-0.05, 0) is 44.0 Å². The molecule has 1 aliphatic heterocycles. The predicted octanol–water partition coefficient (Wildman–Crippen LogP) is 3.94. The molecule has 3 rings (SSSR count). The minimum Gasteiger partial charge on any atom is -0.494 e. The summed E-state index contributed by atoms with van der Waals surface area (Å²) in [5.41, 5.74) is 1.97. The van der Waals surface area contributed by atoms with Crippen molar-refractivity contribution in [1.82, 2.24) is 5.16 Å². The zero-order valence-electron chi connectivity index (χ0n) is 14.2. The molecular formula is C19H24N2O3. The van der Waals surface area contributed by atoms with Crippen molar-refractivity contribution in [3.05, 3.63) is 47.3 Å². The Bertz CT molecular complexity index is 662. The summed E-state index contributed by atoms with van der Waals surface area (Å²) in [4.78, 5) is 4.31. The Labute approximate surface area is 142 Å². The summed E-state index contributed by atoms with van der Waals surface area (Å²) in [5, 5.41) is 3.90. The maximum absolute atomic E-state index is 5.78. The van der Waals surface area contributed by atoms with E-state index in [1.54, 1.807) is 0 Å². The van der Waals surface area contributed by atoms with E-state index in [0.29, 0.717) is 6.61 Å². The van der Waals surface area contributed by atoms with Crippen molar-refractivity contribution < 1.29 is 14.0 Å². The zero-order chi connectivity index (χ0) is 16.6. The van der Waals surface area contributed by atoms with Gasteiger partial charge in [-0.25, -0.2) is 4.99 Å². The van der Waals surface area contributed by atoms with Gasteiger partial charge in [-0.1, -0.05) is 18.0 Å². The van der Waals surface area contributed by atoms with Gasteiger partial charge in [0.15, 0.2) is 0 Å². The number of hydrogen-bond donors (Lipinski definition) is 0. The summed E-state index contributed by atoms with van der Waals surface area (Å²) in [5.74, 6) is 2.62. The zero-order valence-corrected chi connectivity index (χ0v) is 14.2. The third-order valence-electron chi connectivity index (χ3n) is 3.95. The molecule has 0 atom stereocenters. The smallest absolute Gasteiger partial charge is 0.216 e. The molecule has 0 N–H and O–H groups in total. The van der Waals surface area contributed by atoms with Crippen molar-refractivity contribution in [2.75, 3.05) is 19.8 Å². The predicted molar refractivity (Wildman–Crippen MR) is 92.7 cm³/mol. The number of benzene rings is 1. The number of ether oxygens (including phenoxy) is 2. The number of rotatable bonds is 9. The second-order valence-corrected chi connectivity index (χ2v) is 6.01. The van der Waals surface area contributed by atoms with Gasteiger partial charge in [0.05, 0.1) is 18.8 Å². The van der Waals surface area contributed by atoms with E-state index in [4.69, 9.17) is 14.0 Å². The Morgan fingerprint density at radius 1 is 1.08 bits per heavy atom. The molecule has 5 nitrogen and oxygen atoms in total. The first-order valence-corrected chi connectivity index (χ1v) is 8.64. The Hall–Kier alpha value is -2.30. The molecule has 0 saturated heterocycles. The molecule has 128 valence electrons. The van der Waals surface area contributed by atoms with Gasteiger partial charge in [-0.15, -0.1) is 0 Å². The van der Waals surface area contributed by atoms with Crippen LogP contribution in [0.4, 0.5) is 0 Å². The average molecular weight is 328 g/mol. The van der Waals surface area contributed by atoms with E-state index in [-0.39, 0.29) is 0 Å². The van der Waals surface area contributed by atoms with Crippen LogP contribution in [0, 0.1) is 6.92 Å². The molecule has 0 bridgehead atoms. The summed E-state index contributed by atoms with van der Waals surface area (Å²) in [6.45, 7) is 4.14. The number of aromatic nitrogens is 1. The number of aliphatic imine (C=N–C) groups is 1. The number of hydrogen-bond acceptors (Lipinski definition) is 5. The van der Waals surface area contributed by atoms with Crippen molar-refractivity contribution in [2.45, 2.75) is 39.0 Å². The second-order valence-electron chi connectivity index (χ2n) is 6.01. The van der Waals surface area contributed by atoms with Crippen LogP contribution in [0.2, 0.25) is 0 Å². The number of aryl methyl sites for hydroxylation is 2. The monoisotopic (exact) mass is 328 g/mol. The van der Waals surface area contributed by atoms with Crippen LogP contribution in [0.1, 0.15) is 42.7 Å². The standard InChI is InChI=1S/C19H24N2O3/c1-15-14-18(24-21-15)6-4-2-3-5-12-22-17-9-7-16(8-10-17)19-20-11-13-23-19/h7-10,14H,2-6,11-13H2,1H3. The number of unbranched alkanes of at least 4 members (excludes halogenated alkanes) is 3. The number of nitrogens with zero attached hydrogens (tertiary/aromatic N) is 2. The molecule has 0 spiro atoms. The van der Waals surface area contributed by atoms with E-state index in [2.05, 4.69) is 10.1 Å². The van der Waals surface area contributed by atoms with E-state index in [0.717, 1.165) is 67.5 Å². The molecule has 1 aromatic heterocycles. The lowest BCUT2D eigenvalue weighted by Crippen LogP contribution is -2.01. The van der Waals surface area contributed by atoms with Gasteiger partial charge in [0.25, 0.3) is 0 Å². The minimum atomic E-state index is 0.684. The molecule has 2 aromatic rings. The highest BCUT2D eigenvalue weighted by molar-refractivity contribution is 5.94. The summed E-state index contributed by atoms with van der Waals surface area (Å²) in [6.07, 6.45) is 5.50. The SMILES string of the molecule is Cc1cc(CCCCCCOc2ccc(C3=NCCO3)cc2)on1. The normalized spacial score (nSPS) is 13.6. The summed E-state index contributed by atoms with van der Waals surface area (Å²) in [6, 6.07) is 9.96. The summed E-state index contributed by atoms with van der Waals surface area (Å²) < 4.78 is 16.4. The van der Waals surface area contributed by atoms with Crippen molar-refractivity contribution in [3.8, 4) is 5.75 Å². The molecule has 0 unspecified atom stereocenters. The third-order valence-corrected chi connectivity index (χ3v) is 3.95. The first-order chi connectivity index (χ1) is 11.8. The fourth-order valence-corrected chi connectivity index (χ4v) is 2.68. The topological polar surface area (TPSA) is 56.9 Å². The largest absolute Gasteiger partial charge is 0.494 e. The third kappa shape index (κ3) is 4.85. The van der Waals surface area contributed by atoms with E-state index < -0.39 is 0 Å². The molecule has 0 amide bonds. The fourth-order valence-electron chi connectivity index (χ4n) is 2.68. The molecule has 0 saturated carbocycles. The molecule has 24 heavy (non-hydrogen) atoms. The lowest BCUT2D eigenvalue weighted by atomic mass is 10.1. The Balaban J connectivity index is 1.28. The van der Waals surface area contributed by atoms with E-state index in [1.807, 2.05) is 37.3 Å². The van der Waals surface area contributed by atoms with Crippen LogP contribution >= 0.6 is 0 Å². The maximum Gasteiger partial charge on any atom is 0.216 e. The highest BCUT2D eigenvalue weighted by Gasteiger charge is 2.09. The lowest BCUT2D eigenvalue weighted by Gasteiger charge is -2.07. The van der Waals surface area contributed by atoms with Crippen LogP contribution < -0.4 is 4.74 Å². The fraction of sp³-hybridized carbons (Fsp3) is 0.474. The van der Waals surface area contributed by atoms with E-state index >= 15 is 0 Å². The van der Waals surface area contributed by atoms with Crippen molar-refractivity contribution >= 4 is 5.90 Å². The molecule has 1 aromatic carbocycles. The van der Waals surface area contributed by atoms with Crippen LogP contribution in [0.5, 0.6) is 5.75 Å². The van der Waals surface area contributed by atoms with Crippen molar-refractivity contribution in [1.29, 1.82) is 0 Å². The van der Waals surface area contributed by atoms with Crippen LogP contribution in [0.15, 0.2) is 39.8 Å². The molecule has 2 heterocycles. The van der Waals surface area contributed by atoms with Crippen molar-refractivity contribution in [3.63, 3.8) is 0 Å². The van der Waals surface area contributed by atoms with E-state index in [1.165, 1.54) is 6.42 Å². The molecule has 0 fully saturated rings. The Kier molecular flexibility index (Phi) is 5.88. The molecular weight excluding hydrogens is 304 g/mol. The van der Waals surface area contributed by atoms with Crippen molar-refractivity contribution in [2.24, 2.45) is 4.99 Å². The average Bonchev–Trinajstić information content (AvgIpc) is 3.26. The highest BCUT2D eigenvalue weighted by atomic mass is 16.5.